The monoisotopic (exact) mass is 299 g/mol. The molecule has 0 spiro atoms. The quantitative estimate of drug-likeness (QED) is 0.885. The van der Waals surface area contributed by atoms with Crippen molar-refractivity contribution in [2.45, 2.75) is 26.4 Å². The van der Waals surface area contributed by atoms with Gasteiger partial charge in [-0.15, -0.1) is 0 Å². The Morgan fingerprint density at radius 3 is 2.68 bits per heavy atom. The lowest BCUT2D eigenvalue weighted by Gasteiger charge is -2.17. The van der Waals surface area contributed by atoms with Crippen molar-refractivity contribution in [3.05, 3.63) is 54.1 Å². The molecule has 0 heterocycles. The van der Waals surface area contributed by atoms with Gasteiger partial charge in [-0.1, -0.05) is 31.2 Å². The highest BCUT2D eigenvalue weighted by Crippen LogP contribution is 2.21. The van der Waals surface area contributed by atoms with Gasteiger partial charge >= 0.3 is 0 Å². The lowest BCUT2D eigenvalue weighted by molar-refractivity contribution is -0.122. The van der Waals surface area contributed by atoms with E-state index in [1.165, 1.54) is 0 Å². The number of aryl methyl sites for hydroxylation is 1. The van der Waals surface area contributed by atoms with E-state index in [2.05, 4.69) is 12.2 Å². The Balaban J connectivity index is 2.02. The zero-order valence-corrected chi connectivity index (χ0v) is 13.1. The van der Waals surface area contributed by atoms with E-state index >= 15 is 0 Å². The first-order valence-electron chi connectivity index (χ1n) is 7.33. The Hall–Kier alpha value is -2.49. The summed E-state index contributed by atoms with van der Waals surface area (Å²) >= 11 is 0. The molecule has 0 fully saturated rings. The minimum atomic E-state index is -0.584. The van der Waals surface area contributed by atoms with Crippen molar-refractivity contribution >= 4 is 11.6 Å². The molecule has 0 aliphatic carbocycles. The molecule has 2 rings (SSSR count). The number of nitrogens with one attached hydrogen (secondary N) is 1. The van der Waals surface area contributed by atoms with Crippen LogP contribution in [-0.4, -0.2) is 19.1 Å². The number of methoxy groups -OCH3 is 1. The average Bonchev–Trinajstić information content (AvgIpc) is 2.55. The van der Waals surface area contributed by atoms with Crippen molar-refractivity contribution in [2.24, 2.45) is 0 Å². The number of rotatable bonds is 6. The first-order chi connectivity index (χ1) is 10.6. The van der Waals surface area contributed by atoms with E-state index in [1.807, 2.05) is 42.5 Å². The second-order valence-corrected chi connectivity index (χ2v) is 4.94. The van der Waals surface area contributed by atoms with Crippen molar-refractivity contribution in [1.82, 2.24) is 0 Å². The summed E-state index contributed by atoms with van der Waals surface area (Å²) in [5.41, 5.74) is 1.77. The topological polar surface area (TPSA) is 47.6 Å². The predicted octanol–water partition coefficient (Wildman–Crippen LogP) is 3.66. The minimum Gasteiger partial charge on any atom is -0.497 e. The Kier molecular flexibility index (Phi) is 5.42. The van der Waals surface area contributed by atoms with Gasteiger partial charge in [0.05, 0.1) is 7.11 Å². The Labute approximate surface area is 131 Å². The van der Waals surface area contributed by atoms with Crippen LogP contribution in [0.5, 0.6) is 11.5 Å². The van der Waals surface area contributed by atoms with Crippen LogP contribution in [0.25, 0.3) is 0 Å². The van der Waals surface area contributed by atoms with Gasteiger partial charge in [-0.05, 0) is 37.1 Å². The summed E-state index contributed by atoms with van der Waals surface area (Å²) in [7, 11) is 1.59. The molecule has 0 aromatic heterocycles. The predicted molar refractivity (Wildman–Crippen MR) is 87.5 cm³/mol. The van der Waals surface area contributed by atoms with Crippen molar-refractivity contribution < 1.29 is 14.3 Å². The second-order valence-electron chi connectivity index (χ2n) is 4.94. The number of para-hydroxylation sites is 1. The number of hydrogen-bond acceptors (Lipinski definition) is 3. The van der Waals surface area contributed by atoms with Gasteiger partial charge in [0, 0.05) is 11.8 Å². The summed E-state index contributed by atoms with van der Waals surface area (Å²) < 4.78 is 10.9. The van der Waals surface area contributed by atoms with E-state index in [4.69, 9.17) is 9.47 Å². The second kappa shape index (κ2) is 7.50. The van der Waals surface area contributed by atoms with Gasteiger partial charge in [0.25, 0.3) is 5.91 Å². The lowest BCUT2D eigenvalue weighted by atomic mass is 10.1. The van der Waals surface area contributed by atoms with E-state index in [0.29, 0.717) is 11.4 Å². The number of ether oxygens (including phenoxy) is 2. The number of anilines is 1. The van der Waals surface area contributed by atoms with Crippen LogP contribution in [0.1, 0.15) is 19.4 Å². The molecule has 1 amide bonds. The van der Waals surface area contributed by atoms with Crippen molar-refractivity contribution in [2.75, 3.05) is 12.4 Å². The molecule has 2 aromatic carbocycles. The Morgan fingerprint density at radius 1 is 1.18 bits per heavy atom. The van der Waals surface area contributed by atoms with E-state index in [-0.39, 0.29) is 5.91 Å². The van der Waals surface area contributed by atoms with Crippen LogP contribution in [0, 0.1) is 0 Å². The molecule has 0 radical (unpaired) electrons. The van der Waals surface area contributed by atoms with E-state index in [1.54, 1.807) is 20.1 Å². The summed E-state index contributed by atoms with van der Waals surface area (Å²) in [6.07, 6.45) is 0.277. The highest BCUT2D eigenvalue weighted by atomic mass is 16.5. The fourth-order valence-corrected chi connectivity index (χ4v) is 2.10. The van der Waals surface area contributed by atoms with Gasteiger partial charge in [-0.3, -0.25) is 4.79 Å². The molecular formula is C18H21NO3. The molecule has 4 heteroatoms. The average molecular weight is 299 g/mol. The van der Waals surface area contributed by atoms with E-state index < -0.39 is 6.10 Å². The highest BCUT2D eigenvalue weighted by Gasteiger charge is 2.16. The molecule has 116 valence electrons. The minimum absolute atomic E-state index is 0.195. The van der Waals surface area contributed by atoms with Gasteiger partial charge in [0.1, 0.15) is 11.5 Å². The third-order valence-corrected chi connectivity index (χ3v) is 3.36. The van der Waals surface area contributed by atoms with Crippen LogP contribution in [0.4, 0.5) is 5.69 Å². The van der Waals surface area contributed by atoms with Gasteiger partial charge in [0.2, 0.25) is 0 Å². The maximum absolute atomic E-state index is 12.2. The first kappa shape index (κ1) is 15.9. The summed E-state index contributed by atoms with van der Waals surface area (Å²) in [6.45, 7) is 3.80. The molecule has 0 unspecified atom stereocenters. The fourth-order valence-electron chi connectivity index (χ4n) is 2.10. The summed E-state index contributed by atoms with van der Waals surface area (Å²) in [6, 6.07) is 15.0. The van der Waals surface area contributed by atoms with Crippen LogP contribution in [0.3, 0.4) is 0 Å². The van der Waals surface area contributed by atoms with Crippen LogP contribution in [0.15, 0.2) is 48.5 Å². The van der Waals surface area contributed by atoms with E-state index in [0.717, 1.165) is 17.7 Å². The molecule has 0 saturated heterocycles. The number of hydrogen-bond donors (Lipinski definition) is 1. The normalized spacial score (nSPS) is 11.6. The summed E-state index contributed by atoms with van der Waals surface area (Å²) in [5, 5.41) is 2.83. The number of carbonyl (C=O) groups excluding carboxylic acids is 1. The Morgan fingerprint density at radius 2 is 1.95 bits per heavy atom. The largest absolute Gasteiger partial charge is 0.497 e. The van der Waals surface area contributed by atoms with Crippen LogP contribution in [0.2, 0.25) is 0 Å². The van der Waals surface area contributed by atoms with E-state index in [9.17, 15) is 4.79 Å². The van der Waals surface area contributed by atoms with Crippen molar-refractivity contribution in [1.29, 1.82) is 0 Å². The highest BCUT2D eigenvalue weighted by molar-refractivity contribution is 5.94. The standard InChI is InChI=1S/C18H21NO3/c1-4-14-8-5-6-11-17(14)22-13(2)18(20)19-15-9-7-10-16(12-15)21-3/h5-13H,4H2,1-3H3,(H,19,20)/t13-/m0/s1. The molecule has 4 nitrogen and oxygen atoms in total. The maximum atomic E-state index is 12.2. The maximum Gasteiger partial charge on any atom is 0.265 e. The molecule has 1 N–H and O–H groups in total. The van der Waals surface area contributed by atoms with Gasteiger partial charge in [0.15, 0.2) is 6.10 Å². The third kappa shape index (κ3) is 4.01. The van der Waals surface area contributed by atoms with Crippen molar-refractivity contribution in [3.63, 3.8) is 0 Å². The zero-order valence-electron chi connectivity index (χ0n) is 13.1. The lowest BCUT2D eigenvalue weighted by Crippen LogP contribution is -2.30. The molecule has 0 bridgehead atoms. The van der Waals surface area contributed by atoms with Gasteiger partial charge in [-0.2, -0.15) is 0 Å². The third-order valence-electron chi connectivity index (χ3n) is 3.36. The summed E-state index contributed by atoms with van der Waals surface area (Å²) in [5.74, 6) is 1.25. The molecule has 0 saturated carbocycles. The molecule has 22 heavy (non-hydrogen) atoms. The first-order valence-corrected chi connectivity index (χ1v) is 7.33. The molecule has 0 aliphatic heterocycles. The fraction of sp³-hybridized carbons (Fsp3) is 0.278. The Bertz CT molecular complexity index is 640. The number of amides is 1. The van der Waals surface area contributed by atoms with Crippen LogP contribution in [-0.2, 0) is 11.2 Å². The van der Waals surface area contributed by atoms with Crippen LogP contribution < -0.4 is 14.8 Å². The molecular weight excluding hydrogens is 278 g/mol. The summed E-state index contributed by atoms with van der Waals surface area (Å²) in [4.78, 5) is 12.2. The molecule has 0 aliphatic rings. The van der Waals surface area contributed by atoms with Gasteiger partial charge in [-0.25, -0.2) is 0 Å². The number of benzene rings is 2. The van der Waals surface area contributed by atoms with Gasteiger partial charge < -0.3 is 14.8 Å². The number of carbonyl (C=O) groups is 1. The SMILES string of the molecule is CCc1ccccc1O[C@@H](C)C(=O)Nc1cccc(OC)c1. The zero-order chi connectivity index (χ0) is 15.9. The smallest absolute Gasteiger partial charge is 0.265 e. The molecule has 2 aromatic rings. The van der Waals surface area contributed by atoms with Crippen molar-refractivity contribution in [3.8, 4) is 11.5 Å². The van der Waals surface area contributed by atoms with Crippen LogP contribution >= 0.6 is 0 Å². The molecule has 1 atom stereocenters.